The summed E-state index contributed by atoms with van der Waals surface area (Å²) in [5, 5.41) is 0. The van der Waals surface area contributed by atoms with Crippen molar-refractivity contribution < 1.29 is 4.74 Å². The van der Waals surface area contributed by atoms with Gasteiger partial charge in [0.15, 0.2) is 0 Å². The van der Waals surface area contributed by atoms with Crippen LogP contribution < -0.4 is 5.73 Å². The quantitative estimate of drug-likeness (QED) is 0.776. The van der Waals surface area contributed by atoms with Crippen LogP contribution in [0.2, 0.25) is 0 Å². The first kappa shape index (κ1) is 11.4. The molecule has 2 N–H and O–H groups in total. The molecule has 16 heavy (non-hydrogen) atoms. The number of nitrogen functional groups attached to an aromatic ring is 1. The molecule has 3 heteroatoms. The van der Waals surface area contributed by atoms with E-state index in [1.54, 1.807) is 6.20 Å². The topological polar surface area (TPSA) is 48.1 Å². The molecule has 0 aromatic carbocycles. The Kier molecular flexibility index (Phi) is 4.17. The van der Waals surface area contributed by atoms with Crippen molar-refractivity contribution in [1.29, 1.82) is 0 Å². The highest BCUT2D eigenvalue weighted by molar-refractivity contribution is 5.31. The largest absolute Gasteiger partial charge is 0.384 e. The van der Waals surface area contributed by atoms with Crippen molar-refractivity contribution in [2.45, 2.75) is 44.6 Å². The summed E-state index contributed by atoms with van der Waals surface area (Å²) in [6, 6.07) is 4.01. The molecule has 88 valence electrons. The molecule has 2 rings (SSSR count). The van der Waals surface area contributed by atoms with Crippen LogP contribution in [0, 0.1) is 0 Å². The monoisotopic (exact) mass is 220 g/mol. The highest BCUT2D eigenvalue weighted by Crippen LogP contribution is 2.18. The summed E-state index contributed by atoms with van der Waals surface area (Å²) in [5.74, 6) is 0.622. The predicted octanol–water partition coefficient (Wildman–Crippen LogP) is 2.56. The number of unbranched alkanes of at least 4 members (excludes halogenated alkanes) is 1. The summed E-state index contributed by atoms with van der Waals surface area (Å²) >= 11 is 0. The summed E-state index contributed by atoms with van der Waals surface area (Å²) in [5.41, 5.74) is 6.92. The Morgan fingerprint density at radius 3 is 3.12 bits per heavy atom. The van der Waals surface area contributed by atoms with Crippen LogP contribution in [0.3, 0.4) is 0 Å². The lowest BCUT2D eigenvalue weighted by Gasteiger charge is -2.08. The molecule has 1 aliphatic heterocycles. The van der Waals surface area contributed by atoms with Gasteiger partial charge in [-0.05, 0) is 49.8 Å². The first-order valence-electron chi connectivity index (χ1n) is 6.16. The molecular formula is C13H20N2O. The molecule has 1 aromatic heterocycles. The second kappa shape index (κ2) is 5.85. The number of anilines is 1. The van der Waals surface area contributed by atoms with Gasteiger partial charge in [-0.3, -0.25) is 0 Å². The van der Waals surface area contributed by atoms with Crippen molar-refractivity contribution in [3.63, 3.8) is 0 Å². The Morgan fingerprint density at radius 2 is 2.38 bits per heavy atom. The number of rotatable bonds is 5. The van der Waals surface area contributed by atoms with E-state index < -0.39 is 0 Å². The number of hydrogen-bond donors (Lipinski definition) is 1. The van der Waals surface area contributed by atoms with E-state index in [1.165, 1.54) is 37.7 Å². The maximum atomic E-state index is 5.63. The highest BCUT2D eigenvalue weighted by atomic mass is 16.5. The molecule has 2 heterocycles. The lowest BCUT2D eigenvalue weighted by molar-refractivity contribution is 0.102. The Labute approximate surface area is 97.0 Å². The number of aryl methyl sites for hydroxylation is 1. The van der Waals surface area contributed by atoms with E-state index >= 15 is 0 Å². The van der Waals surface area contributed by atoms with Gasteiger partial charge in [-0.2, -0.15) is 0 Å². The summed E-state index contributed by atoms with van der Waals surface area (Å²) in [6.07, 6.45) is 9.57. The first-order valence-corrected chi connectivity index (χ1v) is 6.16. The maximum Gasteiger partial charge on any atom is 0.123 e. The van der Waals surface area contributed by atoms with Gasteiger partial charge in [0.1, 0.15) is 5.82 Å². The van der Waals surface area contributed by atoms with Crippen LogP contribution in [0.25, 0.3) is 0 Å². The van der Waals surface area contributed by atoms with E-state index in [-0.39, 0.29) is 0 Å². The van der Waals surface area contributed by atoms with Gasteiger partial charge in [0.25, 0.3) is 0 Å². The molecule has 1 fully saturated rings. The average molecular weight is 220 g/mol. The van der Waals surface area contributed by atoms with Crippen molar-refractivity contribution >= 4 is 5.82 Å². The molecule has 0 spiro atoms. The Morgan fingerprint density at radius 1 is 1.44 bits per heavy atom. The molecule has 1 saturated heterocycles. The van der Waals surface area contributed by atoms with Crippen LogP contribution in [0.5, 0.6) is 0 Å². The minimum absolute atomic E-state index is 0.530. The summed E-state index contributed by atoms with van der Waals surface area (Å²) < 4.78 is 5.59. The van der Waals surface area contributed by atoms with Crippen molar-refractivity contribution in [2.75, 3.05) is 12.3 Å². The minimum Gasteiger partial charge on any atom is -0.384 e. The predicted molar refractivity (Wildman–Crippen MR) is 65.2 cm³/mol. The molecule has 1 aromatic rings. The minimum atomic E-state index is 0.530. The Bertz CT molecular complexity index is 321. The lowest BCUT2D eigenvalue weighted by atomic mass is 10.0. The number of ether oxygens (including phenoxy) is 1. The van der Waals surface area contributed by atoms with Gasteiger partial charge in [0.05, 0.1) is 6.10 Å². The van der Waals surface area contributed by atoms with E-state index in [0.29, 0.717) is 11.9 Å². The van der Waals surface area contributed by atoms with Crippen molar-refractivity contribution in [1.82, 2.24) is 4.98 Å². The summed E-state index contributed by atoms with van der Waals surface area (Å²) in [4.78, 5) is 3.99. The van der Waals surface area contributed by atoms with Crippen molar-refractivity contribution in [2.24, 2.45) is 0 Å². The fraction of sp³-hybridized carbons (Fsp3) is 0.615. The number of aromatic nitrogens is 1. The fourth-order valence-corrected chi connectivity index (χ4v) is 2.22. The fourth-order valence-electron chi connectivity index (χ4n) is 2.22. The van der Waals surface area contributed by atoms with E-state index in [4.69, 9.17) is 10.5 Å². The normalized spacial score (nSPS) is 20.1. The zero-order valence-electron chi connectivity index (χ0n) is 9.69. The molecule has 0 saturated carbocycles. The third kappa shape index (κ3) is 3.49. The van der Waals surface area contributed by atoms with Crippen LogP contribution in [0.1, 0.15) is 37.7 Å². The van der Waals surface area contributed by atoms with E-state index in [0.717, 1.165) is 13.0 Å². The van der Waals surface area contributed by atoms with Gasteiger partial charge < -0.3 is 10.5 Å². The van der Waals surface area contributed by atoms with E-state index in [9.17, 15) is 0 Å². The number of hydrogen-bond acceptors (Lipinski definition) is 3. The third-order valence-electron chi connectivity index (χ3n) is 3.11. The molecule has 1 unspecified atom stereocenters. The first-order chi connectivity index (χ1) is 7.84. The van der Waals surface area contributed by atoms with Gasteiger partial charge in [-0.15, -0.1) is 0 Å². The molecule has 0 amide bonds. The summed E-state index contributed by atoms with van der Waals surface area (Å²) in [7, 11) is 0. The number of nitrogens with zero attached hydrogens (tertiary/aromatic N) is 1. The zero-order chi connectivity index (χ0) is 11.2. The number of pyridine rings is 1. The van der Waals surface area contributed by atoms with Crippen molar-refractivity contribution in [3.05, 3.63) is 23.9 Å². The SMILES string of the molecule is Nc1cc(CCCCC2CCCO2)ccn1. The molecule has 3 nitrogen and oxygen atoms in total. The molecule has 1 aliphatic rings. The Balaban J connectivity index is 1.64. The van der Waals surface area contributed by atoms with E-state index in [1.807, 2.05) is 12.1 Å². The molecule has 0 bridgehead atoms. The average Bonchev–Trinajstić information content (AvgIpc) is 2.77. The van der Waals surface area contributed by atoms with Gasteiger partial charge in [0.2, 0.25) is 0 Å². The molecule has 1 atom stereocenters. The van der Waals surface area contributed by atoms with Crippen LogP contribution in [0.4, 0.5) is 5.82 Å². The van der Waals surface area contributed by atoms with Gasteiger partial charge in [0, 0.05) is 12.8 Å². The Hall–Kier alpha value is -1.09. The standard InChI is InChI=1S/C13H20N2O/c14-13-10-11(7-8-15-13)4-1-2-5-12-6-3-9-16-12/h7-8,10,12H,1-6,9H2,(H2,14,15). The van der Waals surface area contributed by atoms with Gasteiger partial charge >= 0.3 is 0 Å². The molecule has 0 radical (unpaired) electrons. The summed E-state index contributed by atoms with van der Waals surface area (Å²) in [6.45, 7) is 0.964. The van der Waals surface area contributed by atoms with Crippen LogP contribution in [-0.4, -0.2) is 17.7 Å². The lowest BCUT2D eigenvalue weighted by Crippen LogP contribution is -2.04. The smallest absolute Gasteiger partial charge is 0.123 e. The van der Waals surface area contributed by atoms with E-state index in [2.05, 4.69) is 4.98 Å². The second-order valence-corrected chi connectivity index (χ2v) is 4.47. The molecular weight excluding hydrogens is 200 g/mol. The van der Waals surface area contributed by atoms with Crippen LogP contribution in [0.15, 0.2) is 18.3 Å². The van der Waals surface area contributed by atoms with Gasteiger partial charge in [-0.25, -0.2) is 4.98 Å². The maximum absolute atomic E-state index is 5.63. The third-order valence-corrected chi connectivity index (χ3v) is 3.11. The second-order valence-electron chi connectivity index (χ2n) is 4.47. The zero-order valence-corrected chi connectivity index (χ0v) is 9.69. The van der Waals surface area contributed by atoms with Crippen LogP contribution >= 0.6 is 0 Å². The van der Waals surface area contributed by atoms with Crippen LogP contribution in [-0.2, 0) is 11.2 Å². The van der Waals surface area contributed by atoms with Crippen molar-refractivity contribution in [3.8, 4) is 0 Å². The van der Waals surface area contributed by atoms with Gasteiger partial charge in [-0.1, -0.05) is 6.42 Å². The highest BCUT2D eigenvalue weighted by Gasteiger charge is 2.14. The molecule has 0 aliphatic carbocycles. The number of nitrogens with two attached hydrogens (primary N) is 1.